The van der Waals surface area contributed by atoms with Gasteiger partial charge in [0.05, 0.1) is 9.82 Å². The van der Waals surface area contributed by atoms with E-state index >= 15 is 0 Å². The molecule has 0 unspecified atom stereocenters. The molecule has 1 aliphatic heterocycles. The lowest BCUT2D eigenvalue weighted by atomic mass is 10.1. The molecule has 0 bridgehead atoms. The van der Waals surface area contributed by atoms with Gasteiger partial charge in [0, 0.05) is 25.2 Å². The van der Waals surface area contributed by atoms with Gasteiger partial charge in [-0.05, 0) is 23.3 Å². The highest BCUT2D eigenvalue weighted by Crippen LogP contribution is 2.27. The number of non-ortho nitro benzene ring substituents is 1. The third-order valence-corrected chi connectivity index (χ3v) is 5.52. The molecular weight excluding hydrogens is 316 g/mol. The summed E-state index contributed by atoms with van der Waals surface area (Å²) in [6.45, 7) is 0.466. The van der Waals surface area contributed by atoms with Gasteiger partial charge in [0.1, 0.15) is 0 Å². The van der Waals surface area contributed by atoms with Crippen LogP contribution in [0.4, 0.5) is 5.69 Å². The zero-order valence-corrected chi connectivity index (χ0v) is 12.9. The SMILES string of the molecule is O=[N+]([O-])c1cccc(C2=CCN(S(=O)(=O)c3ccccc3)C2)c1. The lowest BCUT2D eigenvalue weighted by molar-refractivity contribution is -0.384. The second-order valence-corrected chi connectivity index (χ2v) is 7.09. The van der Waals surface area contributed by atoms with Crippen LogP contribution in [0.2, 0.25) is 0 Å². The molecule has 0 saturated heterocycles. The maximum Gasteiger partial charge on any atom is 0.270 e. The topological polar surface area (TPSA) is 80.5 Å². The van der Waals surface area contributed by atoms with Crippen LogP contribution in [0, 0.1) is 10.1 Å². The van der Waals surface area contributed by atoms with Crippen molar-refractivity contribution in [1.29, 1.82) is 0 Å². The Balaban J connectivity index is 1.83. The maximum absolute atomic E-state index is 12.6. The monoisotopic (exact) mass is 330 g/mol. The third kappa shape index (κ3) is 3.01. The molecule has 2 aromatic carbocycles. The highest BCUT2D eigenvalue weighted by Gasteiger charge is 2.28. The summed E-state index contributed by atoms with van der Waals surface area (Å²) in [5, 5.41) is 10.9. The molecule has 6 nitrogen and oxygen atoms in total. The highest BCUT2D eigenvalue weighted by atomic mass is 32.2. The summed E-state index contributed by atoms with van der Waals surface area (Å²) >= 11 is 0. The van der Waals surface area contributed by atoms with Crippen LogP contribution >= 0.6 is 0 Å². The minimum Gasteiger partial charge on any atom is -0.258 e. The fraction of sp³-hybridized carbons (Fsp3) is 0.125. The fourth-order valence-electron chi connectivity index (χ4n) is 2.48. The molecule has 0 atom stereocenters. The molecule has 0 fully saturated rings. The van der Waals surface area contributed by atoms with Crippen molar-refractivity contribution in [3.8, 4) is 0 Å². The Kier molecular flexibility index (Phi) is 3.97. The van der Waals surface area contributed by atoms with Gasteiger partial charge in [-0.3, -0.25) is 10.1 Å². The van der Waals surface area contributed by atoms with E-state index in [0.29, 0.717) is 5.56 Å². The lowest BCUT2D eigenvalue weighted by Gasteiger charge is -2.16. The summed E-state index contributed by atoms with van der Waals surface area (Å²) in [7, 11) is -3.56. The van der Waals surface area contributed by atoms with Crippen molar-refractivity contribution in [2.45, 2.75) is 4.90 Å². The molecule has 23 heavy (non-hydrogen) atoms. The van der Waals surface area contributed by atoms with Crippen molar-refractivity contribution in [3.05, 3.63) is 76.4 Å². The van der Waals surface area contributed by atoms with Gasteiger partial charge in [-0.1, -0.05) is 36.4 Å². The van der Waals surface area contributed by atoms with Crippen LogP contribution in [0.3, 0.4) is 0 Å². The molecule has 118 valence electrons. The van der Waals surface area contributed by atoms with Gasteiger partial charge in [0.25, 0.3) is 5.69 Å². The van der Waals surface area contributed by atoms with Crippen molar-refractivity contribution in [2.75, 3.05) is 13.1 Å². The van der Waals surface area contributed by atoms with E-state index in [1.807, 2.05) is 0 Å². The standard InChI is InChI=1S/C16H14N2O4S/c19-18(20)15-6-4-5-13(11-15)14-9-10-17(12-14)23(21,22)16-7-2-1-3-8-16/h1-9,11H,10,12H2. The number of sulfonamides is 1. The largest absolute Gasteiger partial charge is 0.270 e. The summed E-state index contributed by atoms with van der Waals surface area (Å²) in [6.07, 6.45) is 1.79. The van der Waals surface area contributed by atoms with E-state index in [4.69, 9.17) is 0 Å². The predicted octanol–water partition coefficient (Wildman–Crippen LogP) is 2.68. The lowest BCUT2D eigenvalue weighted by Crippen LogP contribution is -2.29. The minimum absolute atomic E-state index is 0.00670. The number of benzene rings is 2. The number of hydrogen-bond acceptors (Lipinski definition) is 4. The van der Waals surface area contributed by atoms with Gasteiger partial charge in [0.2, 0.25) is 10.0 Å². The van der Waals surface area contributed by atoms with E-state index in [0.717, 1.165) is 5.57 Å². The Bertz CT molecular complexity index is 876. The molecule has 0 aromatic heterocycles. The molecule has 0 saturated carbocycles. The van der Waals surface area contributed by atoms with E-state index in [9.17, 15) is 18.5 Å². The van der Waals surface area contributed by atoms with E-state index in [1.165, 1.54) is 16.4 Å². The first-order valence-electron chi connectivity index (χ1n) is 6.97. The molecule has 1 aliphatic rings. The molecule has 0 spiro atoms. The molecule has 0 amide bonds. The maximum atomic E-state index is 12.6. The average molecular weight is 330 g/mol. The van der Waals surface area contributed by atoms with Gasteiger partial charge in [-0.25, -0.2) is 8.42 Å². The van der Waals surface area contributed by atoms with Crippen molar-refractivity contribution >= 4 is 21.3 Å². The van der Waals surface area contributed by atoms with Crippen molar-refractivity contribution < 1.29 is 13.3 Å². The Labute approximate surface area is 133 Å². The molecule has 0 N–H and O–H groups in total. The predicted molar refractivity (Wildman–Crippen MR) is 86.3 cm³/mol. The van der Waals surface area contributed by atoms with Crippen LogP contribution in [-0.4, -0.2) is 30.7 Å². The normalized spacial score (nSPS) is 15.4. The third-order valence-electron chi connectivity index (χ3n) is 3.70. The molecule has 2 aromatic rings. The number of rotatable bonds is 4. The second-order valence-electron chi connectivity index (χ2n) is 5.15. The first-order valence-corrected chi connectivity index (χ1v) is 8.41. The zero-order chi connectivity index (χ0) is 16.4. The number of nitro groups is 1. The molecule has 1 heterocycles. The van der Waals surface area contributed by atoms with Gasteiger partial charge in [-0.15, -0.1) is 0 Å². The molecule has 0 radical (unpaired) electrons. The minimum atomic E-state index is -3.56. The zero-order valence-electron chi connectivity index (χ0n) is 12.1. The quantitative estimate of drug-likeness (QED) is 0.637. The number of nitro benzene ring substituents is 1. The summed E-state index contributed by atoms with van der Waals surface area (Å²) in [5.41, 5.74) is 1.44. The van der Waals surface area contributed by atoms with E-state index in [-0.39, 0.29) is 23.7 Å². The van der Waals surface area contributed by atoms with Crippen LogP contribution < -0.4 is 0 Å². The molecular formula is C16H14N2O4S. The van der Waals surface area contributed by atoms with Crippen molar-refractivity contribution in [1.82, 2.24) is 4.31 Å². The van der Waals surface area contributed by atoms with Crippen molar-refractivity contribution in [3.63, 3.8) is 0 Å². The number of hydrogen-bond donors (Lipinski definition) is 0. The summed E-state index contributed by atoms with van der Waals surface area (Å²) in [6, 6.07) is 14.5. The summed E-state index contributed by atoms with van der Waals surface area (Å²) in [4.78, 5) is 10.6. The van der Waals surface area contributed by atoms with Crippen LogP contribution in [0.1, 0.15) is 5.56 Å². The molecule has 0 aliphatic carbocycles. The number of nitrogens with zero attached hydrogens (tertiary/aromatic N) is 2. The van der Waals surface area contributed by atoms with Gasteiger partial charge in [0.15, 0.2) is 0 Å². The molecule has 7 heteroatoms. The van der Waals surface area contributed by atoms with Gasteiger partial charge >= 0.3 is 0 Å². The fourth-order valence-corrected chi connectivity index (χ4v) is 3.86. The highest BCUT2D eigenvalue weighted by molar-refractivity contribution is 7.89. The Morgan fingerprint density at radius 2 is 1.78 bits per heavy atom. The summed E-state index contributed by atoms with van der Waals surface area (Å²) in [5.74, 6) is 0. The molecule has 3 rings (SSSR count). The Morgan fingerprint density at radius 3 is 2.48 bits per heavy atom. The van der Waals surface area contributed by atoms with Crippen LogP contribution in [0.25, 0.3) is 5.57 Å². The van der Waals surface area contributed by atoms with E-state index in [2.05, 4.69) is 0 Å². The van der Waals surface area contributed by atoms with Crippen LogP contribution in [0.5, 0.6) is 0 Å². The van der Waals surface area contributed by atoms with Gasteiger partial charge < -0.3 is 0 Å². The van der Waals surface area contributed by atoms with Crippen molar-refractivity contribution in [2.24, 2.45) is 0 Å². The van der Waals surface area contributed by atoms with E-state index < -0.39 is 14.9 Å². The second kappa shape index (κ2) is 5.94. The first kappa shape index (κ1) is 15.4. The van der Waals surface area contributed by atoms with Crippen LogP contribution in [-0.2, 0) is 10.0 Å². The Morgan fingerprint density at radius 1 is 1.04 bits per heavy atom. The smallest absolute Gasteiger partial charge is 0.258 e. The van der Waals surface area contributed by atoms with E-state index in [1.54, 1.807) is 48.5 Å². The average Bonchev–Trinajstić information content (AvgIpc) is 3.06. The summed E-state index contributed by atoms with van der Waals surface area (Å²) < 4.78 is 26.5. The van der Waals surface area contributed by atoms with Crippen LogP contribution in [0.15, 0.2) is 65.6 Å². The van der Waals surface area contributed by atoms with Gasteiger partial charge in [-0.2, -0.15) is 4.31 Å². The Hall–Kier alpha value is -2.51. The first-order chi connectivity index (χ1) is 11.0.